The molecule has 1 atom stereocenters. The minimum atomic E-state index is -0.178. The molecule has 0 fully saturated rings. The van der Waals surface area contributed by atoms with Crippen LogP contribution in [0.5, 0.6) is 5.75 Å². The summed E-state index contributed by atoms with van der Waals surface area (Å²) in [6.07, 6.45) is 1.80. The fourth-order valence-corrected chi connectivity index (χ4v) is 2.67. The van der Waals surface area contributed by atoms with Crippen molar-refractivity contribution in [2.75, 3.05) is 7.11 Å². The molecule has 1 heterocycles. The standard InChI is InChI=1S/C18H18N2O/c1-12-11-13(8-9-17(12)21-2)18(19)15-5-3-7-16-14(15)6-4-10-20-16/h3-11,18H,19H2,1-2H3. The fourth-order valence-electron chi connectivity index (χ4n) is 2.67. The number of fused-ring (bicyclic) bond motifs is 1. The second kappa shape index (κ2) is 5.54. The van der Waals surface area contributed by atoms with E-state index in [1.54, 1.807) is 13.3 Å². The first-order chi connectivity index (χ1) is 10.2. The highest BCUT2D eigenvalue weighted by atomic mass is 16.5. The van der Waals surface area contributed by atoms with Gasteiger partial charge in [-0.2, -0.15) is 0 Å². The van der Waals surface area contributed by atoms with Gasteiger partial charge < -0.3 is 10.5 Å². The Kier molecular flexibility index (Phi) is 3.59. The molecular weight excluding hydrogens is 260 g/mol. The number of nitrogens with zero attached hydrogens (tertiary/aromatic N) is 1. The lowest BCUT2D eigenvalue weighted by Gasteiger charge is -2.16. The van der Waals surface area contributed by atoms with Gasteiger partial charge in [0.1, 0.15) is 5.75 Å². The summed E-state index contributed by atoms with van der Waals surface area (Å²) in [4.78, 5) is 4.39. The third-order valence-electron chi connectivity index (χ3n) is 3.79. The first-order valence-corrected chi connectivity index (χ1v) is 6.94. The van der Waals surface area contributed by atoms with Gasteiger partial charge in [0, 0.05) is 11.6 Å². The molecule has 0 saturated heterocycles. The van der Waals surface area contributed by atoms with Crippen LogP contribution in [0.2, 0.25) is 0 Å². The van der Waals surface area contributed by atoms with Crippen molar-refractivity contribution in [3.8, 4) is 5.75 Å². The molecule has 3 rings (SSSR count). The second-order valence-corrected chi connectivity index (χ2v) is 5.12. The first-order valence-electron chi connectivity index (χ1n) is 6.94. The van der Waals surface area contributed by atoms with Crippen molar-refractivity contribution in [3.05, 3.63) is 71.4 Å². The highest BCUT2D eigenvalue weighted by Crippen LogP contribution is 2.29. The molecule has 3 aromatic rings. The summed E-state index contributed by atoms with van der Waals surface area (Å²) in [5, 5.41) is 1.10. The van der Waals surface area contributed by atoms with Gasteiger partial charge in [-0.3, -0.25) is 4.98 Å². The fraction of sp³-hybridized carbons (Fsp3) is 0.167. The summed E-state index contributed by atoms with van der Waals surface area (Å²) in [5.41, 5.74) is 10.7. The normalized spacial score (nSPS) is 12.3. The minimum absolute atomic E-state index is 0.178. The number of nitrogens with two attached hydrogens (primary N) is 1. The van der Waals surface area contributed by atoms with Gasteiger partial charge in [-0.25, -0.2) is 0 Å². The van der Waals surface area contributed by atoms with E-state index in [1.807, 2.05) is 37.3 Å². The molecule has 0 amide bonds. The molecule has 3 nitrogen and oxygen atoms in total. The monoisotopic (exact) mass is 278 g/mol. The molecule has 0 spiro atoms. The molecule has 0 aliphatic rings. The van der Waals surface area contributed by atoms with Crippen LogP contribution in [-0.2, 0) is 0 Å². The number of hydrogen-bond donors (Lipinski definition) is 1. The van der Waals surface area contributed by atoms with Crippen molar-refractivity contribution in [1.29, 1.82) is 0 Å². The molecule has 0 bridgehead atoms. The molecule has 0 saturated carbocycles. The topological polar surface area (TPSA) is 48.1 Å². The van der Waals surface area contributed by atoms with Crippen molar-refractivity contribution < 1.29 is 4.74 Å². The Hall–Kier alpha value is -2.39. The van der Waals surface area contributed by atoms with Crippen LogP contribution in [-0.4, -0.2) is 12.1 Å². The number of pyridine rings is 1. The summed E-state index contributed by atoms with van der Waals surface area (Å²) < 4.78 is 5.30. The maximum atomic E-state index is 6.47. The van der Waals surface area contributed by atoms with Crippen LogP contribution >= 0.6 is 0 Å². The molecule has 3 heteroatoms. The maximum Gasteiger partial charge on any atom is 0.121 e. The summed E-state index contributed by atoms with van der Waals surface area (Å²) >= 11 is 0. The Morgan fingerprint density at radius 2 is 1.95 bits per heavy atom. The van der Waals surface area contributed by atoms with Gasteiger partial charge in [0.2, 0.25) is 0 Å². The molecule has 1 unspecified atom stereocenters. The SMILES string of the molecule is COc1ccc(C(N)c2cccc3ncccc23)cc1C. The van der Waals surface area contributed by atoms with Crippen molar-refractivity contribution in [2.45, 2.75) is 13.0 Å². The summed E-state index contributed by atoms with van der Waals surface area (Å²) in [6.45, 7) is 2.03. The van der Waals surface area contributed by atoms with E-state index in [2.05, 4.69) is 23.2 Å². The van der Waals surface area contributed by atoms with Crippen LogP contribution in [0.4, 0.5) is 0 Å². The number of hydrogen-bond acceptors (Lipinski definition) is 3. The number of ether oxygens (including phenoxy) is 1. The second-order valence-electron chi connectivity index (χ2n) is 5.12. The van der Waals surface area contributed by atoms with Crippen molar-refractivity contribution in [3.63, 3.8) is 0 Å². The van der Waals surface area contributed by atoms with Gasteiger partial charge in [0.15, 0.2) is 0 Å². The largest absolute Gasteiger partial charge is 0.496 e. The van der Waals surface area contributed by atoms with Crippen LogP contribution < -0.4 is 10.5 Å². The Morgan fingerprint density at radius 1 is 1.10 bits per heavy atom. The lowest BCUT2D eigenvalue weighted by atomic mass is 9.95. The lowest BCUT2D eigenvalue weighted by molar-refractivity contribution is 0.411. The van der Waals surface area contributed by atoms with E-state index in [-0.39, 0.29) is 6.04 Å². The summed E-state index contributed by atoms with van der Waals surface area (Å²) in [5.74, 6) is 0.880. The van der Waals surface area contributed by atoms with E-state index in [4.69, 9.17) is 10.5 Å². The van der Waals surface area contributed by atoms with Crippen LogP contribution in [0.15, 0.2) is 54.7 Å². The third-order valence-corrected chi connectivity index (χ3v) is 3.79. The number of rotatable bonds is 3. The van der Waals surface area contributed by atoms with E-state index in [9.17, 15) is 0 Å². The van der Waals surface area contributed by atoms with E-state index in [0.29, 0.717) is 0 Å². The van der Waals surface area contributed by atoms with Crippen LogP contribution in [0.25, 0.3) is 10.9 Å². The zero-order valence-electron chi connectivity index (χ0n) is 12.2. The van der Waals surface area contributed by atoms with Gasteiger partial charge >= 0.3 is 0 Å². The molecule has 0 radical (unpaired) electrons. The molecule has 1 aromatic heterocycles. The van der Waals surface area contributed by atoms with Crippen LogP contribution in [0.3, 0.4) is 0 Å². The predicted octanol–water partition coefficient (Wildman–Crippen LogP) is 3.60. The molecular formula is C18H18N2O. The Bertz CT molecular complexity index is 778. The maximum absolute atomic E-state index is 6.47. The number of benzene rings is 2. The lowest BCUT2D eigenvalue weighted by Crippen LogP contribution is -2.12. The van der Waals surface area contributed by atoms with E-state index in [0.717, 1.165) is 33.3 Å². The Labute approximate surface area is 124 Å². The Morgan fingerprint density at radius 3 is 2.71 bits per heavy atom. The van der Waals surface area contributed by atoms with E-state index >= 15 is 0 Å². The number of aromatic nitrogens is 1. The molecule has 2 aromatic carbocycles. The smallest absolute Gasteiger partial charge is 0.121 e. The van der Waals surface area contributed by atoms with Crippen LogP contribution in [0, 0.1) is 6.92 Å². The highest BCUT2D eigenvalue weighted by Gasteiger charge is 2.13. The predicted molar refractivity (Wildman–Crippen MR) is 85.5 cm³/mol. The van der Waals surface area contributed by atoms with Gasteiger partial charge in [0.05, 0.1) is 18.7 Å². The summed E-state index contributed by atoms with van der Waals surface area (Å²) in [7, 11) is 1.68. The summed E-state index contributed by atoms with van der Waals surface area (Å²) in [6, 6.07) is 16.0. The van der Waals surface area contributed by atoms with Gasteiger partial charge in [-0.1, -0.05) is 30.3 Å². The van der Waals surface area contributed by atoms with Crippen molar-refractivity contribution >= 4 is 10.9 Å². The zero-order chi connectivity index (χ0) is 14.8. The van der Waals surface area contributed by atoms with Gasteiger partial charge in [-0.05, 0) is 41.8 Å². The van der Waals surface area contributed by atoms with E-state index < -0.39 is 0 Å². The molecule has 21 heavy (non-hydrogen) atoms. The van der Waals surface area contributed by atoms with Crippen LogP contribution in [0.1, 0.15) is 22.7 Å². The van der Waals surface area contributed by atoms with E-state index in [1.165, 1.54) is 0 Å². The average Bonchev–Trinajstić information content (AvgIpc) is 2.53. The first kappa shape index (κ1) is 13.6. The molecule has 106 valence electrons. The van der Waals surface area contributed by atoms with Crippen molar-refractivity contribution in [1.82, 2.24) is 4.98 Å². The molecule has 0 aliphatic carbocycles. The van der Waals surface area contributed by atoms with Crippen molar-refractivity contribution in [2.24, 2.45) is 5.73 Å². The van der Waals surface area contributed by atoms with Gasteiger partial charge in [-0.15, -0.1) is 0 Å². The minimum Gasteiger partial charge on any atom is -0.496 e. The quantitative estimate of drug-likeness (QED) is 0.796. The highest BCUT2D eigenvalue weighted by molar-refractivity contribution is 5.82. The van der Waals surface area contributed by atoms with Gasteiger partial charge in [0.25, 0.3) is 0 Å². The zero-order valence-corrected chi connectivity index (χ0v) is 12.2. The number of aryl methyl sites for hydroxylation is 1. The average molecular weight is 278 g/mol. The molecule has 0 aliphatic heterocycles. The third kappa shape index (κ3) is 2.48. The molecule has 2 N–H and O–H groups in total. The number of methoxy groups -OCH3 is 1. The Balaban J connectivity index is 2.08.